The number of aromatic nitrogens is 1. The van der Waals surface area contributed by atoms with Crippen molar-refractivity contribution in [3.05, 3.63) is 71.9 Å². The zero-order valence-electron chi connectivity index (χ0n) is 15.4. The lowest BCUT2D eigenvalue weighted by Gasteiger charge is -2.45. The number of piperidine rings is 1. The fourth-order valence-electron chi connectivity index (χ4n) is 5.18. The van der Waals surface area contributed by atoms with Gasteiger partial charge in [0.05, 0.1) is 11.1 Å². The van der Waals surface area contributed by atoms with Crippen LogP contribution in [0.5, 0.6) is 0 Å². The molecule has 0 amide bonds. The standard InChI is InChI=1S/C23H25N3O/c24-21-6-3-5-18(11-21)23(27)19-8-9-20(23)15-26(14-19)13-16-10-17-4-1-2-7-22(17)25-12-16/h1-7,10-12,19-20,27H,8-9,13-15,24H2. The summed E-state index contributed by atoms with van der Waals surface area (Å²) < 4.78 is 0. The Kier molecular flexibility index (Phi) is 3.92. The second-order valence-corrected chi connectivity index (χ2v) is 8.15. The van der Waals surface area contributed by atoms with Crippen molar-refractivity contribution in [1.82, 2.24) is 9.88 Å². The molecule has 27 heavy (non-hydrogen) atoms. The van der Waals surface area contributed by atoms with Crippen molar-refractivity contribution in [2.75, 3.05) is 18.8 Å². The monoisotopic (exact) mass is 359 g/mol. The van der Waals surface area contributed by atoms with Gasteiger partial charge < -0.3 is 10.8 Å². The Morgan fingerprint density at radius 1 is 1.04 bits per heavy atom. The molecular formula is C23H25N3O. The first-order valence-electron chi connectivity index (χ1n) is 9.77. The van der Waals surface area contributed by atoms with Crippen molar-refractivity contribution in [1.29, 1.82) is 0 Å². The highest BCUT2D eigenvalue weighted by atomic mass is 16.3. The van der Waals surface area contributed by atoms with Crippen molar-refractivity contribution in [2.24, 2.45) is 11.8 Å². The van der Waals surface area contributed by atoms with Gasteiger partial charge in [0.15, 0.2) is 0 Å². The molecule has 1 saturated carbocycles. The van der Waals surface area contributed by atoms with E-state index in [1.807, 2.05) is 42.6 Å². The minimum absolute atomic E-state index is 0.256. The van der Waals surface area contributed by atoms with Gasteiger partial charge in [0, 0.05) is 48.7 Å². The Labute approximate surface area is 159 Å². The molecule has 1 aliphatic carbocycles. The van der Waals surface area contributed by atoms with Gasteiger partial charge in [-0.2, -0.15) is 0 Å². The molecule has 2 bridgehead atoms. The molecule has 2 unspecified atom stereocenters. The molecule has 1 aromatic heterocycles. The van der Waals surface area contributed by atoms with Crippen LogP contribution in [0.1, 0.15) is 24.0 Å². The van der Waals surface area contributed by atoms with E-state index in [4.69, 9.17) is 5.73 Å². The van der Waals surface area contributed by atoms with Crippen LogP contribution >= 0.6 is 0 Å². The number of anilines is 1. The molecule has 1 saturated heterocycles. The van der Waals surface area contributed by atoms with Crippen LogP contribution in [0.25, 0.3) is 10.9 Å². The van der Waals surface area contributed by atoms with E-state index in [2.05, 4.69) is 28.1 Å². The van der Waals surface area contributed by atoms with Crippen molar-refractivity contribution in [2.45, 2.75) is 25.0 Å². The van der Waals surface area contributed by atoms with Gasteiger partial charge in [0.1, 0.15) is 0 Å². The molecule has 3 aromatic rings. The molecule has 4 nitrogen and oxygen atoms in total. The number of benzene rings is 2. The third kappa shape index (κ3) is 2.80. The largest absolute Gasteiger partial charge is 0.399 e. The maximum Gasteiger partial charge on any atom is 0.0977 e. The molecule has 2 heterocycles. The fourth-order valence-corrected chi connectivity index (χ4v) is 5.18. The number of nitrogens with two attached hydrogens (primary N) is 1. The number of nitrogens with zero attached hydrogens (tertiary/aromatic N) is 2. The molecule has 2 fully saturated rings. The number of para-hydroxylation sites is 1. The number of hydrogen-bond donors (Lipinski definition) is 2. The summed E-state index contributed by atoms with van der Waals surface area (Å²) >= 11 is 0. The maximum absolute atomic E-state index is 11.6. The molecule has 2 aliphatic rings. The van der Waals surface area contributed by atoms with E-state index in [1.165, 1.54) is 10.9 Å². The summed E-state index contributed by atoms with van der Waals surface area (Å²) in [6.45, 7) is 2.71. The van der Waals surface area contributed by atoms with E-state index in [0.29, 0.717) is 0 Å². The van der Waals surface area contributed by atoms with Crippen LogP contribution in [0.2, 0.25) is 0 Å². The van der Waals surface area contributed by atoms with Crippen LogP contribution in [-0.2, 0) is 12.1 Å². The van der Waals surface area contributed by atoms with E-state index >= 15 is 0 Å². The normalized spacial score (nSPS) is 27.9. The van der Waals surface area contributed by atoms with E-state index < -0.39 is 5.60 Å². The third-order valence-electron chi connectivity index (χ3n) is 6.47. The Balaban J connectivity index is 1.38. The Morgan fingerprint density at radius 2 is 1.81 bits per heavy atom. The highest BCUT2D eigenvalue weighted by Crippen LogP contribution is 2.51. The van der Waals surface area contributed by atoms with Crippen molar-refractivity contribution in [3.8, 4) is 0 Å². The first-order chi connectivity index (χ1) is 13.1. The summed E-state index contributed by atoms with van der Waals surface area (Å²) in [6, 6.07) is 18.3. The highest BCUT2D eigenvalue weighted by molar-refractivity contribution is 5.78. The average Bonchev–Trinajstić information content (AvgIpc) is 2.85. The summed E-state index contributed by atoms with van der Waals surface area (Å²) in [6.07, 6.45) is 4.13. The van der Waals surface area contributed by atoms with Gasteiger partial charge in [-0.05, 0) is 48.2 Å². The quantitative estimate of drug-likeness (QED) is 0.702. The smallest absolute Gasteiger partial charge is 0.0977 e. The van der Waals surface area contributed by atoms with Crippen LogP contribution in [0.4, 0.5) is 5.69 Å². The van der Waals surface area contributed by atoms with E-state index in [1.54, 1.807) is 0 Å². The zero-order valence-corrected chi connectivity index (χ0v) is 15.4. The van der Waals surface area contributed by atoms with Gasteiger partial charge in [-0.25, -0.2) is 0 Å². The summed E-state index contributed by atoms with van der Waals surface area (Å²) in [5.74, 6) is 0.512. The molecule has 1 aliphatic heterocycles. The number of aliphatic hydroxyl groups is 1. The Bertz CT molecular complexity index is 972. The highest BCUT2D eigenvalue weighted by Gasteiger charge is 2.53. The second-order valence-electron chi connectivity index (χ2n) is 8.15. The minimum atomic E-state index is -0.743. The molecular weight excluding hydrogens is 334 g/mol. The molecule has 0 radical (unpaired) electrons. The average molecular weight is 359 g/mol. The van der Waals surface area contributed by atoms with E-state index in [9.17, 15) is 5.11 Å². The van der Waals surface area contributed by atoms with Crippen LogP contribution < -0.4 is 5.73 Å². The molecule has 2 atom stereocenters. The lowest BCUT2D eigenvalue weighted by atomic mass is 9.75. The zero-order chi connectivity index (χ0) is 18.4. The summed E-state index contributed by atoms with van der Waals surface area (Å²) in [5.41, 5.74) is 9.23. The van der Waals surface area contributed by atoms with Crippen molar-refractivity contribution in [3.63, 3.8) is 0 Å². The topological polar surface area (TPSA) is 62.4 Å². The lowest BCUT2D eigenvalue weighted by Crippen LogP contribution is -2.51. The first-order valence-corrected chi connectivity index (χ1v) is 9.77. The third-order valence-corrected chi connectivity index (χ3v) is 6.47. The Hall–Kier alpha value is -2.43. The predicted octanol–water partition coefficient (Wildman–Crippen LogP) is 3.55. The van der Waals surface area contributed by atoms with Crippen molar-refractivity contribution >= 4 is 16.6 Å². The van der Waals surface area contributed by atoms with Crippen LogP contribution in [0.3, 0.4) is 0 Å². The Morgan fingerprint density at radius 3 is 2.59 bits per heavy atom. The van der Waals surface area contributed by atoms with Crippen LogP contribution in [0, 0.1) is 11.8 Å². The van der Waals surface area contributed by atoms with Gasteiger partial charge in [-0.15, -0.1) is 0 Å². The van der Waals surface area contributed by atoms with Gasteiger partial charge in [-0.3, -0.25) is 9.88 Å². The number of nitrogen functional groups attached to an aromatic ring is 1. The molecule has 3 N–H and O–H groups in total. The number of pyridine rings is 1. The minimum Gasteiger partial charge on any atom is -0.399 e. The molecule has 138 valence electrons. The second kappa shape index (κ2) is 6.32. The molecule has 0 spiro atoms. The van der Waals surface area contributed by atoms with Crippen molar-refractivity contribution < 1.29 is 5.11 Å². The van der Waals surface area contributed by atoms with E-state index in [-0.39, 0.29) is 11.8 Å². The van der Waals surface area contributed by atoms with Gasteiger partial charge in [0.2, 0.25) is 0 Å². The molecule has 4 heteroatoms. The van der Waals surface area contributed by atoms with Crippen LogP contribution in [-0.4, -0.2) is 28.1 Å². The number of rotatable bonds is 3. The van der Waals surface area contributed by atoms with E-state index in [0.717, 1.165) is 49.2 Å². The van der Waals surface area contributed by atoms with Crippen LogP contribution in [0.15, 0.2) is 60.8 Å². The summed E-state index contributed by atoms with van der Waals surface area (Å²) in [4.78, 5) is 7.08. The number of hydrogen-bond acceptors (Lipinski definition) is 4. The summed E-state index contributed by atoms with van der Waals surface area (Å²) in [5, 5.41) is 12.8. The first kappa shape index (κ1) is 16.7. The van der Waals surface area contributed by atoms with Gasteiger partial charge >= 0.3 is 0 Å². The fraction of sp³-hybridized carbons (Fsp3) is 0.348. The maximum atomic E-state index is 11.6. The predicted molar refractivity (Wildman–Crippen MR) is 108 cm³/mol. The lowest BCUT2D eigenvalue weighted by molar-refractivity contribution is -0.0914. The number of likely N-dealkylation sites (tertiary alicyclic amines) is 1. The molecule has 5 rings (SSSR count). The van der Waals surface area contributed by atoms with Gasteiger partial charge in [-0.1, -0.05) is 30.3 Å². The summed E-state index contributed by atoms with van der Waals surface area (Å²) in [7, 11) is 0. The van der Waals surface area contributed by atoms with Gasteiger partial charge in [0.25, 0.3) is 0 Å². The SMILES string of the molecule is Nc1cccc(C2(O)C3CCC2CN(Cc2cnc4ccccc4c2)C3)c1. The molecule has 2 aromatic carbocycles. The number of fused-ring (bicyclic) bond motifs is 3.